The molecule has 0 saturated heterocycles. The summed E-state index contributed by atoms with van der Waals surface area (Å²) in [4.78, 5) is 24.1. The zero-order valence-corrected chi connectivity index (χ0v) is 11.9. The number of hydrogen-bond acceptors (Lipinski definition) is 2. The average Bonchev–Trinajstić information content (AvgIpc) is 2.44. The minimum atomic E-state index is -0.401. The topological polar surface area (TPSA) is 51.1 Å². The molecule has 1 N–H and O–H groups in total. The minimum absolute atomic E-state index is 0.0651. The van der Waals surface area contributed by atoms with Gasteiger partial charge in [-0.25, -0.2) is 0 Å². The highest BCUT2D eigenvalue weighted by Crippen LogP contribution is 2.09. The zero-order chi connectivity index (χ0) is 14.5. The van der Waals surface area contributed by atoms with Crippen molar-refractivity contribution in [3.05, 3.63) is 69.1 Å². The molecule has 2 aromatic rings. The molecule has 0 fully saturated rings. The monoisotopic (exact) mass is 290 g/mol. The molecule has 0 aliphatic heterocycles. The Kier molecular flexibility index (Phi) is 4.58. The molecule has 1 heterocycles. The number of halogens is 1. The van der Waals surface area contributed by atoms with Crippen LogP contribution < -0.4 is 10.9 Å². The van der Waals surface area contributed by atoms with Crippen molar-refractivity contribution in [1.82, 2.24) is 9.88 Å². The first-order valence-electron chi connectivity index (χ1n) is 6.34. The number of amides is 1. The van der Waals surface area contributed by atoms with Crippen LogP contribution in [0.2, 0.25) is 5.02 Å². The van der Waals surface area contributed by atoms with Crippen molar-refractivity contribution < 1.29 is 4.79 Å². The van der Waals surface area contributed by atoms with Crippen molar-refractivity contribution in [3.63, 3.8) is 0 Å². The van der Waals surface area contributed by atoms with Crippen molar-refractivity contribution in [2.75, 3.05) is 6.54 Å². The summed E-state index contributed by atoms with van der Waals surface area (Å²) >= 11 is 5.99. The Morgan fingerprint density at radius 2 is 2.00 bits per heavy atom. The van der Waals surface area contributed by atoms with Gasteiger partial charge in [-0.05, 0) is 18.6 Å². The fourth-order valence-corrected chi connectivity index (χ4v) is 2.14. The lowest BCUT2D eigenvalue weighted by Crippen LogP contribution is -2.33. The first-order valence-corrected chi connectivity index (χ1v) is 6.71. The van der Waals surface area contributed by atoms with Gasteiger partial charge in [0.05, 0.1) is 11.6 Å². The van der Waals surface area contributed by atoms with Crippen LogP contribution >= 0.6 is 11.6 Å². The highest BCUT2D eigenvalue weighted by molar-refractivity contribution is 6.30. The van der Waals surface area contributed by atoms with Crippen LogP contribution in [0.1, 0.15) is 22.8 Å². The maximum Gasteiger partial charge on any atom is 0.263 e. The largest absolute Gasteiger partial charge is 0.352 e. The van der Waals surface area contributed by atoms with Crippen LogP contribution in [0.5, 0.6) is 0 Å². The molecule has 1 aromatic heterocycles. The van der Waals surface area contributed by atoms with Gasteiger partial charge in [0, 0.05) is 12.7 Å². The molecule has 20 heavy (non-hydrogen) atoms. The van der Waals surface area contributed by atoms with Crippen LogP contribution in [0.4, 0.5) is 0 Å². The normalized spacial score (nSPS) is 10.3. The molecular formula is C15H15ClN2O2. The molecule has 0 saturated carbocycles. The lowest BCUT2D eigenvalue weighted by molar-refractivity contribution is 0.0953. The summed E-state index contributed by atoms with van der Waals surface area (Å²) in [7, 11) is 0. The third kappa shape index (κ3) is 3.27. The van der Waals surface area contributed by atoms with E-state index in [0.717, 1.165) is 5.56 Å². The van der Waals surface area contributed by atoms with Crippen molar-refractivity contribution in [1.29, 1.82) is 0 Å². The summed E-state index contributed by atoms with van der Waals surface area (Å²) in [5, 5.41) is 2.97. The van der Waals surface area contributed by atoms with Crippen LogP contribution in [0.15, 0.2) is 47.4 Å². The summed E-state index contributed by atoms with van der Waals surface area (Å²) < 4.78 is 1.45. The number of carbonyl (C=O) groups is 1. The van der Waals surface area contributed by atoms with Gasteiger partial charge in [0.2, 0.25) is 0 Å². The Morgan fingerprint density at radius 1 is 1.30 bits per heavy atom. The molecular weight excluding hydrogens is 276 g/mol. The van der Waals surface area contributed by atoms with Crippen molar-refractivity contribution >= 4 is 17.5 Å². The molecule has 104 valence electrons. The van der Waals surface area contributed by atoms with Gasteiger partial charge in [0.1, 0.15) is 5.56 Å². The third-order valence-corrected chi connectivity index (χ3v) is 3.04. The van der Waals surface area contributed by atoms with Gasteiger partial charge in [-0.3, -0.25) is 9.59 Å². The van der Waals surface area contributed by atoms with Gasteiger partial charge >= 0.3 is 0 Å². The van der Waals surface area contributed by atoms with E-state index in [1.165, 1.54) is 10.6 Å². The molecule has 5 heteroatoms. The minimum Gasteiger partial charge on any atom is -0.352 e. The van der Waals surface area contributed by atoms with Crippen molar-refractivity contribution in [3.8, 4) is 0 Å². The van der Waals surface area contributed by atoms with E-state index in [1.54, 1.807) is 13.1 Å². The van der Waals surface area contributed by atoms with Crippen LogP contribution in [0.25, 0.3) is 0 Å². The molecule has 0 spiro atoms. The number of carbonyl (C=O) groups excluding carboxylic acids is 1. The maximum absolute atomic E-state index is 12.3. The maximum atomic E-state index is 12.3. The average molecular weight is 291 g/mol. The van der Waals surface area contributed by atoms with E-state index in [0.29, 0.717) is 18.1 Å². The Labute approximate surface area is 122 Å². The van der Waals surface area contributed by atoms with Crippen LogP contribution in [-0.4, -0.2) is 17.0 Å². The lowest BCUT2D eigenvalue weighted by Gasteiger charge is -2.09. The lowest BCUT2D eigenvalue weighted by atomic mass is 10.2. The summed E-state index contributed by atoms with van der Waals surface area (Å²) in [6.07, 6.45) is 1.54. The van der Waals surface area contributed by atoms with Crippen LogP contribution in [0.3, 0.4) is 0 Å². The number of aromatic nitrogens is 1. The van der Waals surface area contributed by atoms with E-state index in [9.17, 15) is 9.59 Å². The van der Waals surface area contributed by atoms with Gasteiger partial charge in [0.25, 0.3) is 11.5 Å². The first kappa shape index (κ1) is 14.3. The van der Waals surface area contributed by atoms with Crippen LogP contribution in [0, 0.1) is 0 Å². The Hall–Kier alpha value is -2.07. The number of nitrogens with one attached hydrogen (secondary N) is 1. The molecule has 0 radical (unpaired) electrons. The van der Waals surface area contributed by atoms with Gasteiger partial charge in [-0.1, -0.05) is 41.9 Å². The number of benzene rings is 1. The Morgan fingerprint density at radius 3 is 2.65 bits per heavy atom. The summed E-state index contributed by atoms with van der Waals surface area (Å²) in [6, 6.07) is 10.9. The van der Waals surface area contributed by atoms with E-state index in [-0.39, 0.29) is 11.1 Å². The molecule has 4 nitrogen and oxygen atoms in total. The smallest absolute Gasteiger partial charge is 0.263 e. The Bertz CT molecular complexity index is 665. The van der Waals surface area contributed by atoms with Gasteiger partial charge < -0.3 is 9.88 Å². The number of hydrogen-bond donors (Lipinski definition) is 1. The molecule has 0 bridgehead atoms. The van der Waals surface area contributed by atoms with E-state index in [2.05, 4.69) is 5.32 Å². The van der Waals surface area contributed by atoms with E-state index < -0.39 is 5.91 Å². The molecule has 1 amide bonds. The van der Waals surface area contributed by atoms with Crippen molar-refractivity contribution in [2.24, 2.45) is 0 Å². The van der Waals surface area contributed by atoms with Gasteiger partial charge in [-0.2, -0.15) is 0 Å². The van der Waals surface area contributed by atoms with Crippen LogP contribution in [-0.2, 0) is 6.54 Å². The van der Waals surface area contributed by atoms with Crippen molar-refractivity contribution in [2.45, 2.75) is 13.5 Å². The van der Waals surface area contributed by atoms with Gasteiger partial charge in [0.15, 0.2) is 0 Å². The first-order chi connectivity index (χ1) is 9.61. The highest BCUT2D eigenvalue weighted by Gasteiger charge is 2.13. The second-order valence-corrected chi connectivity index (χ2v) is 4.79. The quantitative estimate of drug-likeness (QED) is 0.939. The molecule has 0 unspecified atom stereocenters. The van der Waals surface area contributed by atoms with E-state index in [4.69, 9.17) is 11.6 Å². The highest BCUT2D eigenvalue weighted by atomic mass is 35.5. The predicted molar refractivity (Wildman–Crippen MR) is 79.3 cm³/mol. The standard InChI is InChI=1S/C15H15ClN2O2/c1-2-17-14(19)13-8-12(16)10-18(15(13)20)9-11-6-4-3-5-7-11/h3-8,10H,2,9H2,1H3,(H,17,19). The molecule has 0 aliphatic rings. The molecule has 1 aromatic carbocycles. The zero-order valence-electron chi connectivity index (χ0n) is 11.1. The summed E-state index contributed by atoms with van der Waals surface area (Å²) in [6.45, 7) is 2.64. The van der Waals surface area contributed by atoms with Gasteiger partial charge in [-0.15, -0.1) is 0 Å². The third-order valence-electron chi connectivity index (χ3n) is 2.83. The number of pyridine rings is 1. The second-order valence-electron chi connectivity index (χ2n) is 4.35. The van der Waals surface area contributed by atoms with E-state index in [1.807, 2.05) is 30.3 Å². The molecule has 0 atom stereocenters. The number of rotatable bonds is 4. The predicted octanol–water partition coefficient (Wildman–Crippen LogP) is 2.30. The summed E-state index contributed by atoms with van der Waals surface area (Å²) in [5.41, 5.74) is 0.693. The molecule has 0 aliphatic carbocycles. The Balaban J connectivity index is 2.39. The summed E-state index contributed by atoms with van der Waals surface area (Å²) in [5.74, 6) is -0.401. The fourth-order valence-electron chi connectivity index (χ4n) is 1.92. The number of nitrogens with zero attached hydrogens (tertiary/aromatic N) is 1. The SMILES string of the molecule is CCNC(=O)c1cc(Cl)cn(Cc2ccccc2)c1=O. The second kappa shape index (κ2) is 6.39. The van der Waals surface area contributed by atoms with E-state index >= 15 is 0 Å². The fraction of sp³-hybridized carbons (Fsp3) is 0.200. The molecule has 2 rings (SSSR count).